The third-order valence-corrected chi connectivity index (χ3v) is 5.50. The molecule has 160 valence electrons. The van der Waals surface area contributed by atoms with E-state index in [0.29, 0.717) is 18.8 Å². The minimum absolute atomic E-state index is 0.211. The number of nitrogens with zero attached hydrogens (tertiary/aromatic N) is 5. The lowest BCUT2D eigenvalue weighted by atomic mass is 9.93. The van der Waals surface area contributed by atoms with Crippen LogP contribution in [0.3, 0.4) is 0 Å². The van der Waals surface area contributed by atoms with Gasteiger partial charge in [0.05, 0.1) is 6.26 Å². The Labute approximate surface area is 183 Å². The van der Waals surface area contributed by atoms with Gasteiger partial charge in [0.15, 0.2) is 11.6 Å². The van der Waals surface area contributed by atoms with E-state index in [1.807, 2.05) is 30.3 Å². The zero-order valence-electron chi connectivity index (χ0n) is 17.1. The molecule has 9 nitrogen and oxygen atoms in total. The van der Waals surface area contributed by atoms with E-state index in [9.17, 15) is 9.59 Å². The smallest absolute Gasteiger partial charge is 0.290 e. The normalized spacial score (nSPS) is 15.2. The van der Waals surface area contributed by atoms with Gasteiger partial charge < -0.3 is 14.6 Å². The third-order valence-electron chi connectivity index (χ3n) is 5.50. The molecule has 0 fully saturated rings. The van der Waals surface area contributed by atoms with E-state index in [1.54, 1.807) is 40.3 Å². The van der Waals surface area contributed by atoms with Crippen LogP contribution in [0.15, 0.2) is 78.1 Å². The molecule has 0 saturated carbocycles. The second kappa shape index (κ2) is 8.46. The second-order valence-corrected chi connectivity index (χ2v) is 7.44. The molecule has 1 N–H and O–H groups in total. The molecule has 1 atom stereocenters. The van der Waals surface area contributed by atoms with Crippen molar-refractivity contribution in [3.63, 3.8) is 0 Å². The summed E-state index contributed by atoms with van der Waals surface area (Å²) in [5.74, 6) is 0.243. The fourth-order valence-electron chi connectivity index (χ4n) is 3.90. The van der Waals surface area contributed by atoms with Crippen molar-refractivity contribution in [3.8, 4) is 5.82 Å². The number of aromatic nitrogens is 4. The monoisotopic (exact) mass is 428 g/mol. The van der Waals surface area contributed by atoms with Gasteiger partial charge >= 0.3 is 0 Å². The Morgan fingerprint density at radius 3 is 2.75 bits per heavy atom. The van der Waals surface area contributed by atoms with Crippen LogP contribution in [0.1, 0.15) is 27.2 Å². The quantitative estimate of drug-likeness (QED) is 0.522. The summed E-state index contributed by atoms with van der Waals surface area (Å²) >= 11 is 0. The highest BCUT2D eigenvalue weighted by atomic mass is 16.3. The lowest BCUT2D eigenvalue weighted by molar-refractivity contribution is -0.126. The first-order chi connectivity index (χ1) is 15.7. The summed E-state index contributed by atoms with van der Waals surface area (Å²) in [7, 11) is 0. The van der Waals surface area contributed by atoms with Crippen molar-refractivity contribution in [2.75, 3.05) is 0 Å². The first-order valence-corrected chi connectivity index (χ1v) is 10.2. The zero-order valence-corrected chi connectivity index (χ0v) is 17.1. The van der Waals surface area contributed by atoms with E-state index in [4.69, 9.17) is 4.42 Å². The number of carbonyl (C=O) groups is 2. The number of hydrogen-bond donors (Lipinski definition) is 1. The molecule has 1 aliphatic heterocycles. The zero-order chi connectivity index (χ0) is 21.9. The van der Waals surface area contributed by atoms with Crippen LogP contribution in [0.25, 0.3) is 5.82 Å². The molecule has 0 radical (unpaired) electrons. The van der Waals surface area contributed by atoms with Crippen molar-refractivity contribution < 1.29 is 14.0 Å². The number of benzene rings is 1. The minimum atomic E-state index is -0.658. The van der Waals surface area contributed by atoms with Gasteiger partial charge in [0.1, 0.15) is 18.7 Å². The fraction of sp³-hybridized carbons (Fsp3) is 0.174. The van der Waals surface area contributed by atoms with Gasteiger partial charge in [-0.2, -0.15) is 5.10 Å². The minimum Gasteiger partial charge on any atom is -0.459 e. The molecule has 1 aliphatic rings. The Balaban J connectivity index is 1.38. The van der Waals surface area contributed by atoms with Crippen LogP contribution < -0.4 is 5.32 Å². The molecule has 5 rings (SSSR count). The van der Waals surface area contributed by atoms with Crippen molar-refractivity contribution in [1.29, 1.82) is 0 Å². The Hall–Kier alpha value is -4.27. The fourth-order valence-corrected chi connectivity index (χ4v) is 3.90. The van der Waals surface area contributed by atoms with E-state index in [1.165, 1.54) is 12.6 Å². The lowest BCUT2D eigenvalue weighted by Crippen LogP contribution is -2.52. The number of carbonyl (C=O) groups excluding carboxylic acids is 2. The molecule has 0 spiro atoms. The Bertz CT molecular complexity index is 1240. The van der Waals surface area contributed by atoms with Crippen LogP contribution in [-0.2, 0) is 24.3 Å². The molecule has 3 aromatic heterocycles. The number of rotatable bonds is 5. The summed E-state index contributed by atoms with van der Waals surface area (Å²) in [6.07, 6.45) is 6.51. The maximum absolute atomic E-state index is 13.3. The van der Waals surface area contributed by atoms with Crippen molar-refractivity contribution in [2.45, 2.75) is 25.6 Å². The van der Waals surface area contributed by atoms with Gasteiger partial charge in [-0.3, -0.25) is 9.59 Å². The highest BCUT2D eigenvalue weighted by Gasteiger charge is 2.35. The van der Waals surface area contributed by atoms with Gasteiger partial charge in [0.25, 0.3) is 5.91 Å². The number of fused-ring (bicyclic) bond motifs is 1. The number of nitrogens with one attached hydrogen (secondary N) is 1. The molecule has 1 aromatic carbocycles. The van der Waals surface area contributed by atoms with Gasteiger partial charge in [-0.05, 0) is 29.3 Å². The highest BCUT2D eigenvalue weighted by Crippen LogP contribution is 2.25. The van der Waals surface area contributed by atoms with Crippen LogP contribution in [0, 0.1) is 0 Å². The molecular formula is C23H20N6O3. The summed E-state index contributed by atoms with van der Waals surface area (Å²) < 4.78 is 6.85. The molecule has 9 heteroatoms. The molecule has 0 saturated heterocycles. The van der Waals surface area contributed by atoms with Crippen LogP contribution in [0.5, 0.6) is 0 Å². The van der Waals surface area contributed by atoms with Crippen molar-refractivity contribution >= 4 is 11.8 Å². The summed E-state index contributed by atoms with van der Waals surface area (Å²) in [5.41, 5.74) is 2.87. The van der Waals surface area contributed by atoms with Crippen molar-refractivity contribution in [3.05, 3.63) is 96.1 Å². The van der Waals surface area contributed by atoms with E-state index in [2.05, 4.69) is 20.4 Å². The lowest BCUT2D eigenvalue weighted by Gasteiger charge is -2.35. The van der Waals surface area contributed by atoms with Crippen molar-refractivity contribution in [1.82, 2.24) is 30.0 Å². The first-order valence-electron chi connectivity index (χ1n) is 10.2. The maximum Gasteiger partial charge on any atom is 0.290 e. The molecule has 0 aliphatic carbocycles. The summed E-state index contributed by atoms with van der Waals surface area (Å²) in [6.45, 7) is 0.577. The van der Waals surface area contributed by atoms with Gasteiger partial charge in [0, 0.05) is 31.3 Å². The molecule has 2 amide bonds. The highest BCUT2D eigenvalue weighted by molar-refractivity contribution is 5.96. The number of pyridine rings is 1. The van der Waals surface area contributed by atoms with Gasteiger partial charge in [-0.15, -0.1) is 0 Å². The molecule has 32 heavy (non-hydrogen) atoms. The number of amides is 2. The summed E-state index contributed by atoms with van der Waals surface area (Å²) in [5, 5.41) is 7.09. The Morgan fingerprint density at radius 1 is 1.09 bits per heavy atom. The van der Waals surface area contributed by atoms with Gasteiger partial charge in [-0.25, -0.2) is 14.6 Å². The first kappa shape index (κ1) is 19.7. The number of hydrogen-bond acceptors (Lipinski definition) is 6. The van der Waals surface area contributed by atoms with Crippen LogP contribution in [-0.4, -0.2) is 42.5 Å². The largest absolute Gasteiger partial charge is 0.459 e. The van der Waals surface area contributed by atoms with Crippen LogP contribution >= 0.6 is 0 Å². The molecule has 0 bridgehead atoms. The van der Waals surface area contributed by atoms with E-state index in [0.717, 1.165) is 16.7 Å². The average Bonchev–Trinajstić information content (AvgIpc) is 3.56. The van der Waals surface area contributed by atoms with E-state index in [-0.39, 0.29) is 24.1 Å². The van der Waals surface area contributed by atoms with E-state index >= 15 is 0 Å². The predicted molar refractivity (Wildman–Crippen MR) is 114 cm³/mol. The average molecular weight is 428 g/mol. The van der Waals surface area contributed by atoms with Gasteiger partial charge in [0.2, 0.25) is 5.91 Å². The van der Waals surface area contributed by atoms with Crippen molar-refractivity contribution in [2.24, 2.45) is 0 Å². The Morgan fingerprint density at radius 2 is 1.97 bits per heavy atom. The molecule has 4 heterocycles. The summed E-state index contributed by atoms with van der Waals surface area (Å²) in [4.78, 5) is 36.2. The van der Waals surface area contributed by atoms with Gasteiger partial charge in [-0.1, -0.05) is 30.3 Å². The third kappa shape index (κ3) is 3.76. The molecule has 1 unspecified atom stereocenters. The SMILES string of the molecule is O=C(NCc1cccnc1-n1cncn1)C1Cc2ccccc2CN1C(=O)c1ccco1. The second-order valence-electron chi connectivity index (χ2n) is 7.44. The standard InChI is InChI=1S/C23H20N6O3/c30-22(26-12-17-7-3-9-25-21(17)29-15-24-14-27-29)19-11-16-5-1-2-6-18(16)13-28(19)23(31)20-8-4-10-32-20/h1-10,14-15,19H,11-13H2,(H,26,30). The topological polar surface area (TPSA) is 106 Å². The summed E-state index contributed by atoms with van der Waals surface area (Å²) in [6, 6.07) is 14.1. The predicted octanol–water partition coefficient (Wildman–Crippen LogP) is 2.14. The Kier molecular flexibility index (Phi) is 5.20. The van der Waals surface area contributed by atoms with E-state index < -0.39 is 6.04 Å². The maximum atomic E-state index is 13.3. The molecule has 4 aromatic rings. The molecular weight excluding hydrogens is 408 g/mol. The van der Waals surface area contributed by atoms with Crippen LogP contribution in [0.2, 0.25) is 0 Å². The number of furan rings is 1. The van der Waals surface area contributed by atoms with Crippen LogP contribution in [0.4, 0.5) is 0 Å².